The molecule has 0 bridgehead atoms. The van der Waals surface area contributed by atoms with Crippen LogP contribution in [0, 0.1) is 0 Å². The predicted molar refractivity (Wildman–Crippen MR) is 139 cm³/mol. The van der Waals surface area contributed by atoms with E-state index < -0.39 is 15.9 Å². The van der Waals surface area contributed by atoms with Gasteiger partial charge in [-0.1, -0.05) is 78.4 Å². The number of carbonyl (C=O) groups is 1. The van der Waals surface area contributed by atoms with Crippen LogP contribution in [0.4, 0.5) is 5.69 Å². The largest absolute Gasteiger partial charge is 0.325 e. The fourth-order valence-electron chi connectivity index (χ4n) is 5.43. The molecular weight excluding hydrogens is 456 g/mol. The number of carbonyl (C=O) groups excluding carboxylic acids is 1. The molecule has 0 saturated carbocycles. The zero-order chi connectivity index (χ0) is 24.2. The molecule has 0 saturated heterocycles. The minimum Gasteiger partial charge on any atom is -0.325 e. The normalized spacial score (nSPS) is 18.8. The molecule has 2 atom stereocenters. The molecule has 6 rings (SSSR count). The van der Waals surface area contributed by atoms with Gasteiger partial charge in [-0.3, -0.25) is 4.79 Å². The van der Waals surface area contributed by atoms with E-state index in [2.05, 4.69) is 58.6 Å². The van der Waals surface area contributed by atoms with Crippen LogP contribution in [0.1, 0.15) is 34.1 Å². The van der Waals surface area contributed by atoms with Crippen LogP contribution < -0.4 is 10.0 Å². The molecule has 0 radical (unpaired) electrons. The lowest BCUT2D eigenvalue weighted by molar-refractivity contribution is -0.117. The van der Waals surface area contributed by atoms with Gasteiger partial charge in [0.15, 0.2) is 0 Å². The lowest BCUT2D eigenvalue weighted by atomic mass is 9.78. The molecule has 0 fully saturated rings. The highest BCUT2D eigenvalue weighted by atomic mass is 32.2. The summed E-state index contributed by atoms with van der Waals surface area (Å²) in [6.07, 6.45) is 2.90. The van der Waals surface area contributed by atoms with E-state index in [0.717, 1.165) is 22.3 Å². The third kappa shape index (κ3) is 3.66. The van der Waals surface area contributed by atoms with Gasteiger partial charge in [0.25, 0.3) is 0 Å². The zero-order valence-corrected chi connectivity index (χ0v) is 20.0. The summed E-state index contributed by atoms with van der Waals surface area (Å²) in [5.41, 5.74) is 5.92. The third-order valence-electron chi connectivity index (χ3n) is 7.10. The molecule has 1 heterocycles. The van der Waals surface area contributed by atoms with E-state index >= 15 is 0 Å². The van der Waals surface area contributed by atoms with E-state index in [1.54, 1.807) is 12.1 Å². The van der Waals surface area contributed by atoms with Crippen LogP contribution >= 0.6 is 0 Å². The highest BCUT2D eigenvalue weighted by Crippen LogP contribution is 2.51. The van der Waals surface area contributed by atoms with Gasteiger partial charge in [-0.15, -0.1) is 0 Å². The Balaban J connectivity index is 1.44. The van der Waals surface area contributed by atoms with E-state index in [0.29, 0.717) is 12.1 Å². The fraction of sp³-hybridized carbons (Fsp3) is 0.138. The van der Waals surface area contributed by atoms with Crippen LogP contribution in [0.3, 0.4) is 0 Å². The van der Waals surface area contributed by atoms with Gasteiger partial charge in [0, 0.05) is 11.6 Å². The van der Waals surface area contributed by atoms with E-state index in [9.17, 15) is 13.2 Å². The molecule has 2 N–H and O–H groups in total. The number of rotatable bonds is 5. The summed E-state index contributed by atoms with van der Waals surface area (Å²) in [5, 5.41) is 5.36. The maximum Gasteiger partial charge on any atom is 0.240 e. The van der Waals surface area contributed by atoms with Gasteiger partial charge < -0.3 is 5.32 Å². The van der Waals surface area contributed by atoms with Crippen LogP contribution in [-0.2, 0) is 21.2 Å². The van der Waals surface area contributed by atoms with Crippen molar-refractivity contribution in [1.82, 2.24) is 4.72 Å². The summed E-state index contributed by atoms with van der Waals surface area (Å²) in [5.74, 6) is -0.788. The Morgan fingerprint density at radius 1 is 0.829 bits per heavy atom. The number of fused-ring (bicyclic) bond motifs is 3. The van der Waals surface area contributed by atoms with Gasteiger partial charge in [-0.2, -0.15) is 0 Å². The number of hydrogen-bond donors (Lipinski definition) is 2. The van der Waals surface area contributed by atoms with Crippen molar-refractivity contribution in [2.75, 3.05) is 12.4 Å². The Labute approximate surface area is 204 Å². The highest BCUT2D eigenvalue weighted by Gasteiger charge is 2.42. The first-order valence-corrected chi connectivity index (χ1v) is 13.1. The second-order valence-electron chi connectivity index (χ2n) is 9.11. The van der Waals surface area contributed by atoms with E-state index in [1.165, 1.54) is 29.4 Å². The second kappa shape index (κ2) is 8.18. The first-order chi connectivity index (χ1) is 16.9. The minimum absolute atomic E-state index is 0.106. The molecule has 35 heavy (non-hydrogen) atoms. The van der Waals surface area contributed by atoms with Crippen LogP contribution in [0.5, 0.6) is 0 Å². The quantitative estimate of drug-likeness (QED) is 0.412. The number of allylic oxidation sites excluding steroid dienone is 1. The van der Waals surface area contributed by atoms with Gasteiger partial charge in [0.05, 0.1) is 10.8 Å². The molecule has 1 amide bonds. The second-order valence-corrected chi connectivity index (χ2v) is 11.0. The molecule has 4 aromatic rings. The summed E-state index contributed by atoms with van der Waals surface area (Å²) in [4.78, 5) is 13.5. The van der Waals surface area contributed by atoms with Crippen LogP contribution in [0.25, 0.3) is 16.8 Å². The minimum atomic E-state index is -3.63. The maximum absolute atomic E-state index is 13.3. The van der Waals surface area contributed by atoms with Crippen molar-refractivity contribution in [3.63, 3.8) is 0 Å². The summed E-state index contributed by atoms with van der Waals surface area (Å²) in [6.45, 7) is 0. The molecule has 2 aliphatic rings. The summed E-state index contributed by atoms with van der Waals surface area (Å²) in [6, 6.07) is 27.8. The summed E-state index contributed by atoms with van der Waals surface area (Å²) < 4.78 is 27.4. The topological polar surface area (TPSA) is 75.3 Å². The maximum atomic E-state index is 13.3. The zero-order valence-electron chi connectivity index (χ0n) is 19.2. The van der Waals surface area contributed by atoms with E-state index in [-0.39, 0.29) is 16.7 Å². The smallest absolute Gasteiger partial charge is 0.240 e. The first-order valence-electron chi connectivity index (χ1n) is 11.6. The third-order valence-corrected chi connectivity index (χ3v) is 8.52. The van der Waals surface area contributed by atoms with Gasteiger partial charge in [-0.05, 0) is 64.7 Å². The van der Waals surface area contributed by atoms with Crippen molar-refractivity contribution < 1.29 is 13.2 Å². The van der Waals surface area contributed by atoms with Crippen LogP contribution in [-0.4, -0.2) is 21.4 Å². The van der Waals surface area contributed by atoms with Crippen LogP contribution in [0.15, 0.2) is 95.4 Å². The molecule has 0 spiro atoms. The van der Waals surface area contributed by atoms with Crippen molar-refractivity contribution in [2.24, 2.45) is 0 Å². The average Bonchev–Trinajstić information content (AvgIpc) is 3.38. The van der Waals surface area contributed by atoms with Gasteiger partial charge in [-0.25, -0.2) is 13.1 Å². The lowest BCUT2D eigenvalue weighted by Gasteiger charge is -2.23. The highest BCUT2D eigenvalue weighted by molar-refractivity contribution is 7.89. The summed E-state index contributed by atoms with van der Waals surface area (Å²) in [7, 11) is -2.24. The number of nitrogens with one attached hydrogen (secondary N) is 2. The Morgan fingerprint density at radius 3 is 2.43 bits per heavy atom. The number of hydrogen-bond acceptors (Lipinski definition) is 3. The van der Waals surface area contributed by atoms with Crippen LogP contribution in [0.2, 0.25) is 0 Å². The fourth-order valence-corrected chi connectivity index (χ4v) is 6.20. The molecule has 2 unspecified atom stereocenters. The summed E-state index contributed by atoms with van der Waals surface area (Å²) >= 11 is 0. The van der Waals surface area contributed by atoms with E-state index in [1.807, 2.05) is 24.3 Å². The molecule has 6 heteroatoms. The Morgan fingerprint density at radius 2 is 1.60 bits per heavy atom. The average molecular weight is 481 g/mol. The number of amides is 1. The van der Waals surface area contributed by atoms with Crippen molar-refractivity contribution in [2.45, 2.75) is 23.2 Å². The Bertz CT molecular complexity index is 1640. The van der Waals surface area contributed by atoms with Gasteiger partial charge >= 0.3 is 0 Å². The van der Waals surface area contributed by atoms with Gasteiger partial charge in [0.2, 0.25) is 15.9 Å². The van der Waals surface area contributed by atoms with Crippen molar-refractivity contribution in [3.05, 3.63) is 113 Å². The number of sulfonamides is 1. The number of benzene rings is 4. The molecule has 174 valence electrons. The Kier molecular flexibility index (Phi) is 5.09. The molecule has 1 aliphatic heterocycles. The van der Waals surface area contributed by atoms with Gasteiger partial charge in [0.1, 0.15) is 0 Å². The lowest BCUT2D eigenvalue weighted by Crippen LogP contribution is -2.21. The first kappa shape index (κ1) is 21.8. The van der Waals surface area contributed by atoms with E-state index in [4.69, 9.17) is 0 Å². The SMILES string of the molecule is CNS(=O)(=O)c1ccc2c(c1)C(C1C(Cc3ccc4ccccc4c3)=Cc3ccccc31)C(=O)N2. The van der Waals surface area contributed by atoms with Crippen molar-refractivity contribution in [3.8, 4) is 0 Å². The number of anilines is 1. The molecule has 4 aromatic carbocycles. The Hall–Kier alpha value is -3.74. The predicted octanol–water partition coefficient (Wildman–Crippen LogP) is 5.21. The van der Waals surface area contributed by atoms with Crippen molar-refractivity contribution >= 4 is 38.5 Å². The molecule has 1 aliphatic carbocycles. The monoisotopic (exact) mass is 480 g/mol. The molecule has 5 nitrogen and oxygen atoms in total. The van der Waals surface area contributed by atoms with Crippen molar-refractivity contribution in [1.29, 1.82) is 0 Å². The standard InChI is InChI=1S/C29H24N2O3S/c1-30-35(33,34)23-12-13-26-25(17-23)28(29(32)31-26)27-22(16-21-8-4-5-9-24(21)27)15-18-10-11-19-6-2-3-7-20(19)14-18/h2-14,16-17,27-28,30H,15H2,1H3,(H,31,32). The molecular formula is C29H24N2O3S. The molecule has 0 aromatic heterocycles.